The van der Waals surface area contributed by atoms with E-state index in [4.69, 9.17) is 4.42 Å². The Balaban J connectivity index is 2.47. The van der Waals surface area contributed by atoms with Crippen LogP contribution in [0.4, 0.5) is 0 Å². The lowest BCUT2D eigenvalue weighted by atomic mass is 10.2. The highest BCUT2D eigenvalue weighted by Gasteiger charge is 2.13. The van der Waals surface area contributed by atoms with Gasteiger partial charge in [0.15, 0.2) is 5.76 Å². The molecule has 0 aliphatic carbocycles. The Hall–Kier alpha value is -1.09. The molecular weight excluding hydrogens is 190 g/mol. The summed E-state index contributed by atoms with van der Waals surface area (Å²) in [5.41, 5.74) is 0. The predicted octanol–water partition coefficient (Wildman–Crippen LogP) is 2.58. The molecule has 15 heavy (non-hydrogen) atoms. The molecule has 1 rings (SSSR count). The molecule has 0 unspecified atom stereocenters. The molecule has 1 aromatic rings. The molecule has 0 aliphatic heterocycles. The third-order valence-corrected chi connectivity index (χ3v) is 2.24. The fourth-order valence-electron chi connectivity index (χ4n) is 1.62. The van der Waals surface area contributed by atoms with Crippen molar-refractivity contribution in [3.05, 3.63) is 24.2 Å². The molecule has 0 N–H and O–H groups in total. The molecule has 0 radical (unpaired) electrons. The third-order valence-electron chi connectivity index (χ3n) is 2.24. The van der Waals surface area contributed by atoms with E-state index >= 15 is 0 Å². The van der Waals surface area contributed by atoms with Crippen LogP contribution in [0.5, 0.6) is 0 Å². The Morgan fingerprint density at radius 1 is 1.33 bits per heavy atom. The second-order valence-electron chi connectivity index (χ2n) is 3.68. The van der Waals surface area contributed by atoms with E-state index in [-0.39, 0.29) is 5.78 Å². The second-order valence-corrected chi connectivity index (χ2v) is 3.68. The standard InChI is InChI=1S/C12H19NO2/c1-3-7-13(8-4-2)10-11(14)12-6-5-9-15-12/h5-6,9H,3-4,7-8,10H2,1-2H3. The van der Waals surface area contributed by atoms with Crippen LogP contribution in [0, 0.1) is 0 Å². The largest absolute Gasteiger partial charge is 0.461 e. The van der Waals surface area contributed by atoms with Gasteiger partial charge in [-0.05, 0) is 38.1 Å². The number of rotatable bonds is 7. The Kier molecular flexibility index (Phi) is 5.12. The lowest BCUT2D eigenvalue weighted by molar-refractivity contribution is 0.0903. The summed E-state index contributed by atoms with van der Waals surface area (Å²) in [5.74, 6) is 0.536. The van der Waals surface area contributed by atoms with Gasteiger partial charge in [-0.15, -0.1) is 0 Å². The number of hydrogen-bond donors (Lipinski definition) is 0. The summed E-state index contributed by atoms with van der Waals surface area (Å²) in [6.45, 7) is 6.66. The number of Topliss-reactive ketones (excluding diaryl/α,β-unsaturated/α-hetero) is 1. The molecule has 1 aromatic heterocycles. The summed E-state index contributed by atoms with van der Waals surface area (Å²) in [6, 6.07) is 3.47. The van der Waals surface area contributed by atoms with Crippen molar-refractivity contribution in [2.45, 2.75) is 26.7 Å². The number of nitrogens with zero attached hydrogens (tertiary/aromatic N) is 1. The smallest absolute Gasteiger partial charge is 0.211 e. The fraction of sp³-hybridized carbons (Fsp3) is 0.583. The zero-order chi connectivity index (χ0) is 11.1. The van der Waals surface area contributed by atoms with Gasteiger partial charge in [0.25, 0.3) is 0 Å². The summed E-state index contributed by atoms with van der Waals surface area (Å²) < 4.78 is 5.08. The van der Waals surface area contributed by atoms with E-state index in [1.165, 1.54) is 6.26 Å². The van der Waals surface area contributed by atoms with E-state index in [2.05, 4.69) is 18.7 Å². The van der Waals surface area contributed by atoms with E-state index in [1.54, 1.807) is 12.1 Å². The molecule has 0 spiro atoms. The van der Waals surface area contributed by atoms with Crippen molar-refractivity contribution in [3.8, 4) is 0 Å². The minimum atomic E-state index is 0.0712. The molecule has 3 nitrogen and oxygen atoms in total. The molecule has 0 aliphatic rings. The maximum absolute atomic E-state index is 11.7. The summed E-state index contributed by atoms with van der Waals surface area (Å²) in [4.78, 5) is 13.9. The van der Waals surface area contributed by atoms with Crippen molar-refractivity contribution in [2.75, 3.05) is 19.6 Å². The highest BCUT2D eigenvalue weighted by atomic mass is 16.3. The van der Waals surface area contributed by atoms with Crippen LogP contribution in [0.3, 0.4) is 0 Å². The van der Waals surface area contributed by atoms with Gasteiger partial charge in [0.2, 0.25) is 5.78 Å². The Morgan fingerprint density at radius 2 is 2.00 bits per heavy atom. The van der Waals surface area contributed by atoms with E-state index in [0.717, 1.165) is 25.9 Å². The molecule has 0 saturated heterocycles. The van der Waals surface area contributed by atoms with E-state index in [0.29, 0.717) is 12.3 Å². The average molecular weight is 209 g/mol. The number of carbonyl (C=O) groups is 1. The number of ketones is 1. The van der Waals surface area contributed by atoms with Crippen LogP contribution in [-0.2, 0) is 0 Å². The van der Waals surface area contributed by atoms with Gasteiger partial charge in [-0.1, -0.05) is 13.8 Å². The molecule has 0 atom stereocenters. The zero-order valence-corrected chi connectivity index (χ0v) is 9.53. The first kappa shape index (κ1) is 12.0. The van der Waals surface area contributed by atoms with Gasteiger partial charge in [-0.2, -0.15) is 0 Å². The maximum atomic E-state index is 11.7. The van der Waals surface area contributed by atoms with Crippen LogP contribution in [-0.4, -0.2) is 30.3 Å². The van der Waals surface area contributed by atoms with Crippen molar-refractivity contribution >= 4 is 5.78 Å². The van der Waals surface area contributed by atoms with Crippen molar-refractivity contribution < 1.29 is 9.21 Å². The van der Waals surface area contributed by atoms with Gasteiger partial charge < -0.3 is 4.42 Å². The molecule has 3 heteroatoms. The number of furan rings is 1. The number of carbonyl (C=O) groups excluding carboxylic acids is 1. The van der Waals surface area contributed by atoms with Crippen molar-refractivity contribution in [2.24, 2.45) is 0 Å². The molecule has 1 heterocycles. The Bertz CT molecular complexity index is 274. The van der Waals surface area contributed by atoms with E-state index < -0.39 is 0 Å². The molecular formula is C12H19NO2. The van der Waals surface area contributed by atoms with Crippen molar-refractivity contribution in [1.29, 1.82) is 0 Å². The summed E-state index contributed by atoms with van der Waals surface area (Å²) >= 11 is 0. The van der Waals surface area contributed by atoms with E-state index in [1.807, 2.05) is 0 Å². The Morgan fingerprint density at radius 3 is 2.47 bits per heavy atom. The maximum Gasteiger partial charge on any atom is 0.211 e. The lowest BCUT2D eigenvalue weighted by Gasteiger charge is -2.19. The molecule has 84 valence electrons. The number of hydrogen-bond acceptors (Lipinski definition) is 3. The minimum Gasteiger partial charge on any atom is -0.461 e. The van der Waals surface area contributed by atoms with Gasteiger partial charge in [-0.3, -0.25) is 9.69 Å². The minimum absolute atomic E-state index is 0.0712. The summed E-state index contributed by atoms with van der Waals surface area (Å²) in [6.07, 6.45) is 3.69. The highest BCUT2D eigenvalue weighted by molar-refractivity contribution is 5.94. The first-order valence-electron chi connectivity index (χ1n) is 5.57. The van der Waals surface area contributed by atoms with Crippen LogP contribution < -0.4 is 0 Å². The topological polar surface area (TPSA) is 33.5 Å². The van der Waals surface area contributed by atoms with Gasteiger partial charge in [0.05, 0.1) is 12.8 Å². The zero-order valence-electron chi connectivity index (χ0n) is 9.53. The molecule has 0 saturated carbocycles. The summed E-state index contributed by atoms with van der Waals surface area (Å²) in [5, 5.41) is 0. The predicted molar refractivity (Wildman–Crippen MR) is 60.1 cm³/mol. The average Bonchev–Trinajstić information content (AvgIpc) is 2.71. The van der Waals surface area contributed by atoms with Crippen LogP contribution in [0.25, 0.3) is 0 Å². The molecule has 0 fully saturated rings. The van der Waals surface area contributed by atoms with Crippen molar-refractivity contribution in [3.63, 3.8) is 0 Å². The van der Waals surface area contributed by atoms with Crippen LogP contribution in [0.1, 0.15) is 37.2 Å². The summed E-state index contributed by atoms with van der Waals surface area (Å²) in [7, 11) is 0. The molecule has 0 bridgehead atoms. The first-order chi connectivity index (χ1) is 7.27. The van der Waals surface area contributed by atoms with Crippen molar-refractivity contribution in [1.82, 2.24) is 4.90 Å². The van der Waals surface area contributed by atoms with Gasteiger partial charge in [-0.25, -0.2) is 0 Å². The van der Waals surface area contributed by atoms with Crippen LogP contribution in [0.2, 0.25) is 0 Å². The SMILES string of the molecule is CCCN(CCC)CC(=O)c1ccco1. The monoisotopic (exact) mass is 209 g/mol. The third kappa shape index (κ3) is 3.88. The van der Waals surface area contributed by atoms with Gasteiger partial charge in [0.1, 0.15) is 0 Å². The Labute approximate surface area is 91.1 Å². The fourth-order valence-corrected chi connectivity index (χ4v) is 1.62. The van der Waals surface area contributed by atoms with E-state index in [9.17, 15) is 4.79 Å². The normalized spacial score (nSPS) is 10.9. The molecule has 0 amide bonds. The first-order valence-corrected chi connectivity index (χ1v) is 5.57. The van der Waals surface area contributed by atoms with Crippen LogP contribution in [0.15, 0.2) is 22.8 Å². The second kappa shape index (κ2) is 6.40. The van der Waals surface area contributed by atoms with Gasteiger partial charge in [0, 0.05) is 0 Å². The highest BCUT2D eigenvalue weighted by Crippen LogP contribution is 2.04. The van der Waals surface area contributed by atoms with Gasteiger partial charge >= 0.3 is 0 Å². The van der Waals surface area contributed by atoms with Crippen LogP contribution >= 0.6 is 0 Å². The quantitative estimate of drug-likeness (QED) is 0.647. The lowest BCUT2D eigenvalue weighted by Crippen LogP contribution is -2.31. The molecule has 0 aromatic carbocycles.